The van der Waals surface area contributed by atoms with Crippen LogP contribution in [-0.2, 0) is 5.92 Å². The number of halogens is 3. The van der Waals surface area contributed by atoms with Gasteiger partial charge in [-0.05, 0) is 74.5 Å². The van der Waals surface area contributed by atoms with Gasteiger partial charge >= 0.3 is 0 Å². The van der Waals surface area contributed by atoms with Crippen LogP contribution < -0.4 is 4.90 Å². The summed E-state index contributed by atoms with van der Waals surface area (Å²) in [6.45, 7) is 8.34. The molecule has 0 aliphatic carbocycles. The van der Waals surface area contributed by atoms with Gasteiger partial charge in [0.1, 0.15) is 5.82 Å². The van der Waals surface area contributed by atoms with Crippen molar-refractivity contribution in [3.8, 4) is 17.2 Å². The fourth-order valence-corrected chi connectivity index (χ4v) is 5.30. The lowest BCUT2D eigenvalue weighted by atomic mass is 10.0. The summed E-state index contributed by atoms with van der Waals surface area (Å²) >= 11 is 0. The first-order valence-electron chi connectivity index (χ1n) is 12.6. The molecular weight excluding hydrogens is 473 g/mol. The number of rotatable bonds is 7. The highest BCUT2D eigenvalue weighted by molar-refractivity contribution is 5.71. The molecule has 4 nitrogen and oxygen atoms in total. The Balaban J connectivity index is 1.67. The molecule has 0 aromatic heterocycles. The molecule has 2 atom stereocenters. The van der Waals surface area contributed by atoms with Crippen molar-refractivity contribution >= 4 is 11.4 Å². The highest BCUT2D eigenvalue weighted by atomic mass is 19.3. The van der Waals surface area contributed by atoms with Crippen LogP contribution in [0.5, 0.6) is 0 Å². The molecule has 0 radical (unpaired) electrons. The third-order valence-corrected chi connectivity index (χ3v) is 7.10. The summed E-state index contributed by atoms with van der Waals surface area (Å²) in [4.78, 5) is 6.73. The Morgan fingerprint density at radius 1 is 0.946 bits per heavy atom. The summed E-state index contributed by atoms with van der Waals surface area (Å²) < 4.78 is 42.7. The standard InChI is InChI=1S/C30H33F3N4/c1-21-19-35(4)20-22(2)36(21)14-15-37(27-12-13-29(31)28(17-27)30(3,32)33)26-10-8-24(9-11-26)25-7-5-6-23(16-25)18-34/h5-13,16-17,21-22H,14-15,19-20H2,1-4H3. The fraction of sp³-hybridized carbons (Fsp3) is 0.367. The molecule has 1 heterocycles. The number of likely N-dealkylation sites (N-methyl/N-ethyl adjacent to an activating group) is 1. The first-order valence-corrected chi connectivity index (χ1v) is 12.6. The van der Waals surface area contributed by atoms with Crippen LogP contribution in [0.2, 0.25) is 0 Å². The number of nitriles is 1. The van der Waals surface area contributed by atoms with E-state index in [4.69, 9.17) is 0 Å². The van der Waals surface area contributed by atoms with Crippen molar-refractivity contribution in [2.75, 3.05) is 38.1 Å². The largest absolute Gasteiger partial charge is 0.340 e. The van der Waals surface area contributed by atoms with E-state index in [0.29, 0.717) is 29.9 Å². The van der Waals surface area contributed by atoms with E-state index in [-0.39, 0.29) is 0 Å². The lowest BCUT2D eigenvalue weighted by Crippen LogP contribution is -2.56. The minimum absolute atomic E-state index is 0.356. The van der Waals surface area contributed by atoms with Gasteiger partial charge in [-0.25, -0.2) is 13.2 Å². The van der Waals surface area contributed by atoms with Crippen molar-refractivity contribution in [3.05, 3.63) is 83.7 Å². The topological polar surface area (TPSA) is 33.5 Å². The molecule has 1 fully saturated rings. The van der Waals surface area contributed by atoms with Gasteiger partial charge in [0.05, 0.1) is 17.2 Å². The molecule has 0 N–H and O–H groups in total. The minimum atomic E-state index is -3.29. The van der Waals surface area contributed by atoms with Gasteiger partial charge in [-0.15, -0.1) is 0 Å². The smallest absolute Gasteiger partial charge is 0.273 e. The Labute approximate surface area is 217 Å². The first-order chi connectivity index (χ1) is 17.6. The lowest BCUT2D eigenvalue weighted by Gasteiger charge is -2.44. The third-order valence-electron chi connectivity index (χ3n) is 7.10. The predicted molar refractivity (Wildman–Crippen MR) is 143 cm³/mol. The molecule has 7 heteroatoms. The van der Waals surface area contributed by atoms with Crippen LogP contribution in [0.15, 0.2) is 66.7 Å². The first kappa shape index (κ1) is 26.7. The van der Waals surface area contributed by atoms with Crippen LogP contribution in [0.4, 0.5) is 24.5 Å². The summed E-state index contributed by atoms with van der Waals surface area (Å²) in [5.74, 6) is -4.20. The number of hydrogen-bond donors (Lipinski definition) is 0. The Morgan fingerprint density at radius 3 is 2.22 bits per heavy atom. The van der Waals surface area contributed by atoms with Crippen molar-refractivity contribution in [2.45, 2.75) is 38.8 Å². The monoisotopic (exact) mass is 506 g/mol. The van der Waals surface area contributed by atoms with Crippen molar-refractivity contribution < 1.29 is 13.2 Å². The number of benzene rings is 3. The highest BCUT2D eigenvalue weighted by Gasteiger charge is 2.30. The molecule has 3 aromatic rings. The quantitative estimate of drug-likeness (QED) is 0.360. The van der Waals surface area contributed by atoms with Gasteiger partial charge in [0.25, 0.3) is 5.92 Å². The highest BCUT2D eigenvalue weighted by Crippen LogP contribution is 2.35. The van der Waals surface area contributed by atoms with E-state index in [9.17, 15) is 18.4 Å². The molecule has 0 amide bonds. The summed E-state index contributed by atoms with van der Waals surface area (Å²) in [6.07, 6.45) is 0. The maximum absolute atomic E-state index is 14.3. The average molecular weight is 507 g/mol. The van der Waals surface area contributed by atoms with Gasteiger partial charge < -0.3 is 9.80 Å². The molecule has 0 saturated carbocycles. The summed E-state index contributed by atoms with van der Waals surface area (Å²) in [7, 11) is 2.12. The van der Waals surface area contributed by atoms with Crippen LogP contribution >= 0.6 is 0 Å². The van der Waals surface area contributed by atoms with Crippen molar-refractivity contribution in [1.82, 2.24) is 9.80 Å². The Morgan fingerprint density at radius 2 is 1.59 bits per heavy atom. The molecule has 0 bridgehead atoms. The molecule has 2 unspecified atom stereocenters. The van der Waals surface area contributed by atoms with Crippen LogP contribution in [0, 0.1) is 17.1 Å². The van der Waals surface area contributed by atoms with Crippen molar-refractivity contribution in [3.63, 3.8) is 0 Å². The SMILES string of the molecule is CC1CN(C)CC(C)N1CCN(c1ccc(-c2cccc(C#N)c2)cc1)c1ccc(F)c(C(C)(F)F)c1. The lowest BCUT2D eigenvalue weighted by molar-refractivity contribution is 0.0138. The second-order valence-corrected chi connectivity index (χ2v) is 10.1. The second kappa shape index (κ2) is 11.0. The number of hydrogen-bond acceptors (Lipinski definition) is 4. The average Bonchev–Trinajstić information content (AvgIpc) is 2.86. The van der Waals surface area contributed by atoms with Gasteiger partial charge in [0, 0.05) is 56.6 Å². The Hall–Kier alpha value is -3.34. The zero-order valence-corrected chi connectivity index (χ0v) is 21.8. The van der Waals surface area contributed by atoms with Crippen LogP contribution in [0.3, 0.4) is 0 Å². The number of nitrogens with zero attached hydrogens (tertiary/aromatic N) is 4. The van der Waals surface area contributed by atoms with E-state index in [2.05, 4.69) is 36.8 Å². The number of anilines is 2. The Kier molecular flexibility index (Phi) is 7.91. The van der Waals surface area contributed by atoms with Gasteiger partial charge in [-0.1, -0.05) is 24.3 Å². The molecular formula is C30H33F3N4. The van der Waals surface area contributed by atoms with E-state index in [0.717, 1.165) is 49.4 Å². The predicted octanol–water partition coefficient (Wildman–Crippen LogP) is 6.64. The maximum Gasteiger partial charge on any atom is 0.273 e. The van der Waals surface area contributed by atoms with Gasteiger partial charge in [0.15, 0.2) is 0 Å². The van der Waals surface area contributed by atoms with Gasteiger partial charge in [0.2, 0.25) is 0 Å². The van der Waals surface area contributed by atoms with Gasteiger partial charge in [-0.3, -0.25) is 4.90 Å². The number of piperazine rings is 1. The van der Waals surface area contributed by atoms with Crippen molar-refractivity contribution in [1.29, 1.82) is 5.26 Å². The summed E-state index contributed by atoms with van der Waals surface area (Å²) in [5.41, 5.74) is 3.19. The maximum atomic E-state index is 14.3. The van der Waals surface area contributed by atoms with E-state index in [1.54, 1.807) is 12.1 Å². The van der Waals surface area contributed by atoms with Crippen LogP contribution in [0.25, 0.3) is 11.1 Å². The zero-order valence-electron chi connectivity index (χ0n) is 21.8. The van der Waals surface area contributed by atoms with E-state index >= 15 is 0 Å². The minimum Gasteiger partial charge on any atom is -0.340 e. The molecule has 0 spiro atoms. The molecule has 4 rings (SSSR count). The van der Waals surface area contributed by atoms with Crippen molar-refractivity contribution in [2.24, 2.45) is 0 Å². The molecule has 1 saturated heterocycles. The van der Waals surface area contributed by atoms with Gasteiger partial charge in [-0.2, -0.15) is 5.26 Å². The summed E-state index contributed by atoms with van der Waals surface area (Å²) in [6, 6.07) is 22.0. The molecule has 37 heavy (non-hydrogen) atoms. The molecule has 194 valence electrons. The number of alkyl halides is 2. The Bertz CT molecular complexity index is 1250. The zero-order chi connectivity index (χ0) is 26.7. The van der Waals surface area contributed by atoms with E-state index in [1.807, 2.05) is 47.4 Å². The third kappa shape index (κ3) is 6.15. The van der Waals surface area contributed by atoms with E-state index < -0.39 is 17.3 Å². The van der Waals surface area contributed by atoms with E-state index in [1.165, 1.54) is 6.07 Å². The molecule has 1 aliphatic heterocycles. The molecule has 3 aromatic carbocycles. The van der Waals surface area contributed by atoms with Crippen LogP contribution in [0.1, 0.15) is 31.9 Å². The summed E-state index contributed by atoms with van der Waals surface area (Å²) in [5, 5.41) is 9.23. The second-order valence-electron chi connectivity index (χ2n) is 10.1. The normalized spacial score (nSPS) is 19.0. The molecule has 1 aliphatic rings. The van der Waals surface area contributed by atoms with Crippen LogP contribution in [-0.4, -0.2) is 55.1 Å². The fourth-order valence-electron chi connectivity index (χ4n) is 5.30.